The maximum absolute atomic E-state index is 9.87. The minimum Gasteiger partial charge on any atom is -0.457 e. The van der Waals surface area contributed by atoms with E-state index in [-0.39, 0.29) is 18.6 Å². The Morgan fingerprint density at radius 3 is 2.31 bits per heavy atom. The van der Waals surface area contributed by atoms with Crippen LogP contribution in [0.4, 0.5) is 5.82 Å². The van der Waals surface area contributed by atoms with Crippen LogP contribution >= 0.6 is 0 Å². The van der Waals surface area contributed by atoms with E-state index in [1.165, 1.54) is 5.56 Å². The Morgan fingerprint density at radius 1 is 0.872 bits per heavy atom. The third kappa shape index (κ3) is 6.91. The SMILES string of the molecule is CC(C)C(CO)Nc1nc(CN2CCN(Cc3ccc(Oc4ccccc4)cc3)CN2C)nc2ccccc12. The van der Waals surface area contributed by atoms with Crippen molar-refractivity contribution in [2.24, 2.45) is 5.92 Å². The number of hydrogen-bond donors (Lipinski definition) is 2. The first-order valence-corrected chi connectivity index (χ1v) is 13.6. The van der Waals surface area contributed by atoms with Gasteiger partial charge in [0.25, 0.3) is 0 Å². The van der Waals surface area contributed by atoms with E-state index >= 15 is 0 Å². The lowest BCUT2D eigenvalue weighted by Crippen LogP contribution is -2.54. The fourth-order valence-corrected chi connectivity index (χ4v) is 4.82. The Labute approximate surface area is 230 Å². The summed E-state index contributed by atoms with van der Waals surface area (Å²) >= 11 is 0. The first-order chi connectivity index (χ1) is 19.0. The van der Waals surface area contributed by atoms with E-state index in [0.717, 1.165) is 60.3 Å². The molecule has 1 unspecified atom stereocenters. The quantitative estimate of drug-likeness (QED) is 0.300. The average molecular weight is 527 g/mol. The fraction of sp³-hybridized carbons (Fsp3) is 0.355. The van der Waals surface area contributed by atoms with Crippen molar-refractivity contribution in [2.45, 2.75) is 33.0 Å². The summed E-state index contributed by atoms with van der Waals surface area (Å²) in [5, 5.41) is 18.8. The van der Waals surface area contributed by atoms with Crippen LogP contribution in [-0.4, -0.2) is 69.4 Å². The van der Waals surface area contributed by atoms with E-state index in [2.05, 4.69) is 53.3 Å². The summed E-state index contributed by atoms with van der Waals surface area (Å²) in [6.07, 6.45) is 0. The van der Waals surface area contributed by atoms with Crippen LogP contribution in [-0.2, 0) is 13.1 Å². The topological polar surface area (TPSA) is 77.0 Å². The van der Waals surface area contributed by atoms with E-state index in [0.29, 0.717) is 6.54 Å². The summed E-state index contributed by atoms with van der Waals surface area (Å²) in [6, 6.07) is 26.2. The highest BCUT2D eigenvalue weighted by atomic mass is 16.5. The zero-order valence-corrected chi connectivity index (χ0v) is 23.0. The monoisotopic (exact) mass is 526 g/mol. The predicted molar refractivity (Wildman–Crippen MR) is 155 cm³/mol. The summed E-state index contributed by atoms with van der Waals surface area (Å²) in [6.45, 7) is 8.41. The second kappa shape index (κ2) is 12.5. The molecule has 2 N–H and O–H groups in total. The summed E-state index contributed by atoms with van der Waals surface area (Å²) in [7, 11) is 2.11. The van der Waals surface area contributed by atoms with E-state index in [1.807, 2.05) is 66.7 Å². The van der Waals surface area contributed by atoms with Gasteiger partial charge < -0.3 is 15.2 Å². The summed E-state index contributed by atoms with van der Waals surface area (Å²) in [5.41, 5.74) is 2.17. The molecule has 0 radical (unpaired) electrons. The molecule has 1 aliphatic heterocycles. The van der Waals surface area contributed by atoms with E-state index < -0.39 is 0 Å². The van der Waals surface area contributed by atoms with Crippen molar-refractivity contribution in [2.75, 3.05) is 38.7 Å². The van der Waals surface area contributed by atoms with Gasteiger partial charge in [-0.3, -0.25) is 4.90 Å². The van der Waals surface area contributed by atoms with E-state index in [1.54, 1.807) is 0 Å². The first kappa shape index (κ1) is 27.0. The van der Waals surface area contributed by atoms with Crippen molar-refractivity contribution in [3.8, 4) is 11.5 Å². The molecule has 5 rings (SSSR count). The van der Waals surface area contributed by atoms with Gasteiger partial charge in [-0.25, -0.2) is 20.0 Å². The largest absolute Gasteiger partial charge is 0.457 e. The van der Waals surface area contributed by atoms with Crippen molar-refractivity contribution < 1.29 is 9.84 Å². The molecule has 0 saturated carbocycles. The molecule has 0 aliphatic carbocycles. The van der Waals surface area contributed by atoms with Crippen molar-refractivity contribution in [3.63, 3.8) is 0 Å². The number of aliphatic hydroxyl groups is 1. The molecule has 0 spiro atoms. The maximum atomic E-state index is 9.87. The lowest BCUT2D eigenvalue weighted by atomic mass is 10.1. The number of anilines is 1. The number of hydrazine groups is 1. The van der Waals surface area contributed by atoms with Gasteiger partial charge in [-0.2, -0.15) is 0 Å². The Hall–Kier alpha value is -3.56. The number of rotatable bonds is 10. The van der Waals surface area contributed by atoms with E-state index in [9.17, 15) is 5.11 Å². The van der Waals surface area contributed by atoms with Gasteiger partial charge in [-0.1, -0.05) is 56.3 Å². The number of aromatic nitrogens is 2. The summed E-state index contributed by atoms with van der Waals surface area (Å²) < 4.78 is 5.93. The van der Waals surface area contributed by atoms with Gasteiger partial charge in [0, 0.05) is 32.1 Å². The molecule has 1 aromatic heterocycles. The number of benzene rings is 3. The van der Waals surface area contributed by atoms with Gasteiger partial charge in [0.1, 0.15) is 23.1 Å². The lowest BCUT2D eigenvalue weighted by molar-refractivity contribution is -0.0954. The number of nitrogens with zero attached hydrogens (tertiary/aromatic N) is 5. The predicted octanol–water partition coefficient (Wildman–Crippen LogP) is 4.97. The van der Waals surface area contributed by atoms with Crippen molar-refractivity contribution >= 4 is 16.7 Å². The van der Waals surface area contributed by atoms with Crippen molar-refractivity contribution in [1.29, 1.82) is 0 Å². The molecular weight excluding hydrogens is 488 g/mol. The second-order valence-electron chi connectivity index (χ2n) is 10.5. The van der Waals surface area contributed by atoms with Crippen LogP contribution in [0.15, 0.2) is 78.9 Å². The summed E-state index contributed by atoms with van der Waals surface area (Å²) in [4.78, 5) is 12.2. The molecule has 1 fully saturated rings. The van der Waals surface area contributed by atoms with Crippen LogP contribution in [0, 0.1) is 5.92 Å². The molecule has 2 heterocycles. The van der Waals surface area contributed by atoms with Gasteiger partial charge in [-0.15, -0.1) is 0 Å². The van der Waals surface area contributed by atoms with Crippen LogP contribution in [0.25, 0.3) is 10.9 Å². The number of nitrogens with one attached hydrogen (secondary N) is 1. The molecule has 1 atom stereocenters. The van der Waals surface area contributed by atoms with Gasteiger partial charge in [0.15, 0.2) is 0 Å². The third-order valence-corrected chi connectivity index (χ3v) is 7.17. The highest BCUT2D eigenvalue weighted by Crippen LogP contribution is 2.24. The van der Waals surface area contributed by atoms with Gasteiger partial charge in [0.05, 0.1) is 31.4 Å². The summed E-state index contributed by atoms with van der Waals surface area (Å²) in [5.74, 6) is 3.51. The average Bonchev–Trinajstić information content (AvgIpc) is 2.94. The zero-order valence-electron chi connectivity index (χ0n) is 23.0. The minimum absolute atomic E-state index is 0.0544. The zero-order chi connectivity index (χ0) is 27.2. The fourth-order valence-electron chi connectivity index (χ4n) is 4.82. The molecule has 204 valence electrons. The van der Waals surface area contributed by atoms with Gasteiger partial charge in [-0.05, 0) is 47.9 Å². The standard InChI is InChI=1S/C31H38N6O2/c1-23(2)29(21-38)33-31-27-11-7-8-12-28(27)32-30(34-31)20-37-18-17-36(22-35(37)3)19-24-13-15-26(16-14-24)39-25-9-5-4-6-10-25/h4-16,23,29,38H,17-22H2,1-3H3,(H,32,33,34). The minimum atomic E-state index is -0.0682. The molecular formula is C31H38N6O2. The number of para-hydroxylation sites is 2. The molecule has 3 aromatic carbocycles. The molecule has 39 heavy (non-hydrogen) atoms. The molecule has 0 bridgehead atoms. The highest BCUT2D eigenvalue weighted by molar-refractivity contribution is 5.89. The first-order valence-electron chi connectivity index (χ1n) is 13.6. The molecule has 8 heteroatoms. The van der Waals surface area contributed by atoms with Gasteiger partial charge >= 0.3 is 0 Å². The number of hydrogen-bond acceptors (Lipinski definition) is 8. The Morgan fingerprint density at radius 2 is 1.59 bits per heavy atom. The number of aliphatic hydroxyl groups excluding tert-OH is 1. The van der Waals surface area contributed by atoms with Gasteiger partial charge in [0.2, 0.25) is 0 Å². The molecule has 4 aromatic rings. The van der Waals surface area contributed by atoms with Crippen LogP contribution in [0.3, 0.4) is 0 Å². The smallest absolute Gasteiger partial charge is 0.146 e. The Kier molecular flexibility index (Phi) is 8.68. The molecule has 1 aliphatic rings. The van der Waals surface area contributed by atoms with Crippen molar-refractivity contribution in [3.05, 3.63) is 90.3 Å². The van der Waals surface area contributed by atoms with Crippen LogP contribution < -0.4 is 10.1 Å². The molecule has 8 nitrogen and oxygen atoms in total. The lowest BCUT2D eigenvalue weighted by Gasteiger charge is -2.41. The Balaban J connectivity index is 1.21. The number of fused-ring (bicyclic) bond motifs is 1. The highest BCUT2D eigenvalue weighted by Gasteiger charge is 2.24. The third-order valence-electron chi connectivity index (χ3n) is 7.17. The van der Waals surface area contributed by atoms with Crippen LogP contribution in [0.2, 0.25) is 0 Å². The Bertz CT molecular complexity index is 1350. The van der Waals surface area contributed by atoms with E-state index in [4.69, 9.17) is 14.7 Å². The second-order valence-corrected chi connectivity index (χ2v) is 10.5. The molecule has 0 amide bonds. The van der Waals surface area contributed by atoms with Crippen molar-refractivity contribution in [1.82, 2.24) is 24.9 Å². The van der Waals surface area contributed by atoms with Crippen LogP contribution in [0.5, 0.6) is 11.5 Å². The maximum Gasteiger partial charge on any atom is 0.146 e. The van der Waals surface area contributed by atoms with Crippen LogP contribution in [0.1, 0.15) is 25.2 Å². The molecule has 1 saturated heterocycles. The normalized spacial score (nSPS) is 16.0. The number of ether oxygens (including phenoxy) is 1.